The van der Waals surface area contributed by atoms with E-state index < -0.39 is 36.8 Å². The van der Waals surface area contributed by atoms with Gasteiger partial charge in [0.15, 0.2) is 0 Å². The molecule has 7 nitrogen and oxygen atoms in total. The maximum absolute atomic E-state index is 12.9. The number of alkyl halides is 4. The number of nitrogens with one attached hydrogen (secondary N) is 1. The van der Waals surface area contributed by atoms with Crippen molar-refractivity contribution < 1.29 is 22.4 Å². The van der Waals surface area contributed by atoms with Crippen molar-refractivity contribution in [3.05, 3.63) is 23.3 Å². The molecule has 0 saturated heterocycles. The molecule has 2 aromatic rings. The van der Waals surface area contributed by atoms with Gasteiger partial charge in [0.1, 0.15) is 12.2 Å². The Bertz CT molecular complexity index is 716. The van der Waals surface area contributed by atoms with E-state index in [1.165, 1.54) is 6.92 Å². The number of aryl methyl sites for hydroxylation is 1. The Balaban J connectivity index is 2.16. The third-order valence-corrected chi connectivity index (χ3v) is 3.69. The van der Waals surface area contributed by atoms with Gasteiger partial charge in [0.05, 0.1) is 0 Å². The van der Waals surface area contributed by atoms with Gasteiger partial charge >= 0.3 is 0 Å². The van der Waals surface area contributed by atoms with Gasteiger partial charge in [-0.3, -0.25) is 14.9 Å². The summed E-state index contributed by atoms with van der Waals surface area (Å²) in [5, 5.41) is 10.6. The van der Waals surface area contributed by atoms with Gasteiger partial charge < -0.3 is 0 Å². The second-order valence-corrected chi connectivity index (χ2v) is 5.84. The van der Waals surface area contributed by atoms with Crippen molar-refractivity contribution in [3.63, 3.8) is 0 Å². The lowest BCUT2D eigenvalue weighted by Gasteiger charge is -2.11. The zero-order valence-corrected chi connectivity index (χ0v) is 13.5. The first kappa shape index (κ1) is 18.2. The summed E-state index contributed by atoms with van der Waals surface area (Å²) in [6, 6.07) is 1.15. The topological polar surface area (TPSA) is 77.6 Å². The number of halogens is 4. The maximum Gasteiger partial charge on any atom is 0.299 e. The smallest absolute Gasteiger partial charge is 0.271 e. The van der Waals surface area contributed by atoms with Crippen LogP contribution in [0.1, 0.15) is 37.0 Å². The molecule has 0 saturated carbocycles. The summed E-state index contributed by atoms with van der Waals surface area (Å²) in [6.45, 7) is 2.88. The van der Waals surface area contributed by atoms with Gasteiger partial charge in [-0.1, -0.05) is 18.7 Å². The van der Waals surface area contributed by atoms with Crippen LogP contribution in [0.5, 0.6) is 0 Å². The van der Waals surface area contributed by atoms with E-state index in [4.69, 9.17) is 0 Å². The van der Waals surface area contributed by atoms with Gasteiger partial charge in [0, 0.05) is 5.69 Å². The molecule has 0 aliphatic carbocycles. The van der Waals surface area contributed by atoms with Crippen LogP contribution in [-0.2, 0) is 11.3 Å². The highest BCUT2D eigenvalue weighted by Gasteiger charge is 2.22. The molecule has 2 aromatic heterocycles. The van der Waals surface area contributed by atoms with Gasteiger partial charge in [-0.15, -0.1) is 10.2 Å². The average molecular weight is 366 g/mol. The number of amides is 1. The van der Waals surface area contributed by atoms with Gasteiger partial charge in [0.25, 0.3) is 18.8 Å². The third kappa shape index (κ3) is 4.04. The second kappa shape index (κ2) is 7.64. The summed E-state index contributed by atoms with van der Waals surface area (Å²) < 4.78 is 52.9. The van der Waals surface area contributed by atoms with Crippen LogP contribution in [0, 0.1) is 6.92 Å². The van der Waals surface area contributed by atoms with Gasteiger partial charge in [-0.05, 0) is 18.7 Å². The lowest BCUT2D eigenvalue weighted by atomic mass is 10.4. The highest BCUT2D eigenvalue weighted by Crippen LogP contribution is 2.22. The van der Waals surface area contributed by atoms with Crippen LogP contribution in [0.2, 0.25) is 0 Å². The summed E-state index contributed by atoms with van der Waals surface area (Å²) in [6.07, 6.45) is -5.69. The maximum atomic E-state index is 12.9. The number of nitrogens with zero attached hydrogens (tertiary/aromatic N) is 5. The predicted octanol–water partition coefficient (Wildman–Crippen LogP) is 2.54. The number of hydrogen-bond acceptors (Lipinski definition) is 5. The van der Waals surface area contributed by atoms with Crippen LogP contribution in [0.15, 0.2) is 11.2 Å². The molecule has 0 radical (unpaired) electrons. The fourth-order valence-electron chi connectivity index (χ4n) is 1.85. The molecule has 12 heteroatoms. The van der Waals surface area contributed by atoms with E-state index in [0.717, 1.165) is 27.2 Å². The van der Waals surface area contributed by atoms with E-state index in [1.54, 1.807) is 6.92 Å². The minimum atomic E-state index is -2.93. The fraction of sp³-hybridized carbons (Fsp3) is 0.500. The Morgan fingerprint density at radius 2 is 2.00 bits per heavy atom. The van der Waals surface area contributed by atoms with Crippen molar-refractivity contribution in [2.24, 2.45) is 0 Å². The molecule has 24 heavy (non-hydrogen) atoms. The predicted molar refractivity (Wildman–Crippen MR) is 77.7 cm³/mol. The minimum Gasteiger partial charge on any atom is -0.271 e. The molecule has 2 rings (SSSR count). The molecule has 0 spiro atoms. The number of carbonyl (C=O) groups is 1. The van der Waals surface area contributed by atoms with E-state index in [9.17, 15) is 22.4 Å². The highest BCUT2D eigenvalue weighted by molar-refractivity contribution is 7.99. The largest absolute Gasteiger partial charge is 0.299 e. The Labute approximate surface area is 138 Å². The molecule has 1 amide bonds. The van der Waals surface area contributed by atoms with E-state index >= 15 is 0 Å². The lowest BCUT2D eigenvalue weighted by Crippen LogP contribution is -2.29. The van der Waals surface area contributed by atoms with Crippen molar-refractivity contribution in [2.45, 2.75) is 38.4 Å². The van der Waals surface area contributed by atoms with Gasteiger partial charge in [0.2, 0.25) is 11.0 Å². The molecule has 0 bridgehead atoms. The normalized spacial score (nSPS) is 11.5. The van der Waals surface area contributed by atoms with Gasteiger partial charge in [-0.25, -0.2) is 22.2 Å². The van der Waals surface area contributed by atoms with Crippen molar-refractivity contribution in [1.82, 2.24) is 24.7 Å². The molecular weight excluding hydrogens is 352 g/mol. The first-order valence-electron chi connectivity index (χ1n) is 6.82. The quantitative estimate of drug-likeness (QED) is 0.602. The van der Waals surface area contributed by atoms with E-state index in [1.807, 2.05) is 0 Å². The molecule has 0 fully saturated rings. The summed E-state index contributed by atoms with van der Waals surface area (Å²) >= 11 is 1.12. The SMILES string of the molecule is CCSc1nnc(C(F)F)n1NC(=O)Cn1nc(C(F)F)cc1C. The van der Waals surface area contributed by atoms with Crippen LogP contribution < -0.4 is 5.43 Å². The molecule has 0 unspecified atom stereocenters. The Hall–Kier alpha value is -2.11. The summed E-state index contributed by atoms with van der Waals surface area (Å²) in [5.74, 6) is -0.890. The molecular formula is C12H14F4N6OS. The van der Waals surface area contributed by atoms with Crippen LogP contribution in [-0.4, -0.2) is 36.3 Å². The number of thioether (sulfide) groups is 1. The van der Waals surface area contributed by atoms with Crippen LogP contribution in [0.4, 0.5) is 17.6 Å². The molecule has 1 N–H and O–H groups in total. The number of hydrogen-bond donors (Lipinski definition) is 1. The molecule has 132 valence electrons. The summed E-state index contributed by atoms with van der Waals surface area (Å²) in [5.41, 5.74) is 2.13. The second-order valence-electron chi connectivity index (χ2n) is 4.61. The number of carbonyl (C=O) groups excluding carboxylic acids is 1. The van der Waals surface area contributed by atoms with Crippen LogP contribution >= 0.6 is 11.8 Å². The Kier molecular flexibility index (Phi) is 5.80. The highest BCUT2D eigenvalue weighted by atomic mass is 32.2. The third-order valence-electron chi connectivity index (χ3n) is 2.88. The molecule has 2 heterocycles. The first-order valence-corrected chi connectivity index (χ1v) is 7.80. The van der Waals surface area contributed by atoms with E-state index in [2.05, 4.69) is 20.7 Å². The Morgan fingerprint density at radius 3 is 2.54 bits per heavy atom. The first-order chi connectivity index (χ1) is 11.3. The monoisotopic (exact) mass is 366 g/mol. The summed E-state index contributed by atoms with van der Waals surface area (Å²) in [7, 11) is 0. The average Bonchev–Trinajstić information content (AvgIpc) is 3.05. The van der Waals surface area contributed by atoms with Gasteiger partial charge in [-0.2, -0.15) is 5.10 Å². The van der Waals surface area contributed by atoms with Crippen molar-refractivity contribution >= 4 is 17.7 Å². The van der Waals surface area contributed by atoms with Crippen molar-refractivity contribution in [3.8, 4) is 0 Å². The molecule has 0 aliphatic rings. The van der Waals surface area contributed by atoms with Crippen LogP contribution in [0.25, 0.3) is 0 Å². The number of rotatable bonds is 7. The Morgan fingerprint density at radius 1 is 1.29 bits per heavy atom. The standard InChI is InChI=1S/C12H14F4N6OS/c1-3-24-12-18-17-11(10(15)16)22(12)20-8(23)5-21-6(2)4-7(19-21)9(13)14/h4,9-10H,3,5H2,1-2H3,(H,20,23). The van der Waals surface area contributed by atoms with E-state index in [0.29, 0.717) is 11.4 Å². The van der Waals surface area contributed by atoms with E-state index in [-0.39, 0.29) is 5.16 Å². The number of aromatic nitrogens is 5. The van der Waals surface area contributed by atoms with Crippen molar-refractivity contribution in [2.75, 3.05) is 11.2 Å². The van der Waals surface area contributed by atoms with Crippen LogP contribution in [0.3, 0.4) is 0 Å². The fourth-order valence-corrected chi connectivity index (χ4v) is 2.47. The summed E-state index contributed by atoms with van der Waals surface area (Å²) in [4.78, 5) is 12.1. The molecule has 0 atom stereocenters. The lowest BCUT2D eigenvalue weighted by molar-refractivity contribution is -0.118. The molecule has 0 aromatic carbocycles. The zero-order chi connectivity index (χ0) is 17.9. The van der Waals surface area contributed by atoms with Crippen molar-refractivity contribution in [1.29, 1.82) is 0 Å². The minimum absolute atomic E-state index is 0.103. The zero-order valence-electron chi connectivity index (χ0n) is 12.7. The molecule has 0 aliphatic heterocycles.